The molecule has 0 aliphatic carbocycles. The summed E-state index contributed by atoms with van der Waals surface area (Å²) in [5.41, 5.74) is 0. The van der Waals surface area contributed by atoms with Crippen LogP contribution in [0.1, 0.15) is 194 Å². The van der Waals surface area contributed by atoms with E-state index in [1.165, 1.54) is 109 Å². The Morgan fingerprint density at radius 1 is 0.500 bits per heavy atom. The highest BCUT2D eigenvalue weighted by Gasteiger charge is 2.16. The predicted molar refractivity (Wildman–Crippen MR) is 196 cm³/mol. The molecule has 0 radical (unpaired) electrons. The van der Waals surface area contributed by atoms with Gasteiger partial charge in [-0.1, -0.05) is 166 Å². The Balaban J connectivity index is 3.58. The highest BCUT2D eigenvalue weighted by Crippen LogP contribution is 2.14. The second kappa shape index (κ2) is 37.6. The van der Waals surface area contributed by atoms with Crippen molar-refractivity contribution in [2.24, 2.45) is 0 Å². The van der Waals surface area contributed by atoms with Gasteiger partial charge < -0.3 is 14.6 Å². The summed E-state index contributed by atoms with van der Waals surface area (Å²) in [5, 5.41) is 9.54. The first-order chi connectivity index (χ1) is 22.6. The number of hydrogen-bond acceptors (Lipinski definition) is 5. The second-order valence-electron chi connectivity index (χ2n) is 13.0. The lowest BCUT2D eigenvalue weighted by atomic mass is 10.0. The summed E-state index contributed by atoms with van der Waals surface area (Å²) in [5.74, 6) is -0.602. The van der Waals surface area contributed by atoms with Crippen molar-refractivity contribution in [3.8, 4) is 0 Å². The topological polar surface area (TPSA) is 72.8 Å². The van der Waals surface area contributed by atoms with Gasteiger partial charge in [0.15, 0.2) is 6.10 Å². The SMILES string of the molecule is CCCCC/C=C\C/C=C\C/C=C\CCCCCCCCC(=O)O[C@@H](CO)COC(=O)CCCCCCCCCCCCCCC. The van der Waals surface area contributed by atoms with E-state index in [-0.39, 0.29) is 25.2 Å². The van der Waals surface area contributed by atoms with E-state index in [1.54, 1.807) is 0 Å². The van der Waals surface area contributed by atoms with Gasteiger partial charge in [-0.15, -0.1) is 0 Å². The molecule has 1 N–H and O–H groups in total. The number of aliphatic hydroxyl groups excluding tert-OH is 1. The van der Waals surface area contributed by atoms with E-state index >= 15 is 0 Å². The number of allylic oxidation sites excluding steroid dienone is 6. The molecule has 0 spiro atoms. The minimum atomic E-state index is -0.774. The lowest BCUT2D eigenvalue weighted by molar-refractivity contribution is -0.161. The zero-order valence-electron chi connectivity index (χ0n) is 30.3. The molecule has 5 nitrogen and oxygen atoms in total. The number of esters is 2. The van der Waals surface area contributed by atoms with Crippen molar-refractivity contribution in [1.82, 2.24) is 0 Å². The molecule has 1 atom stereocenters. The molecule has 0 saturated heterocycles. The molecule has 0 aromatic rings. The van der Waals surface area contributed by atoms with E-state index in [4.69, 9.17) is 9.47 Å². The lowest BCUT2D eigenvalue weighted by Crippen LogP contribution is -2.28. The van der Waals surface area contributed by atoms with Gasteiger partial charge in [0.05, 0.1) is 6.61 Å². The third-order valence-electron chi connectivity index (χ3n) is 8.44. The van der Waals surface area contributed by atoms with Crippen LogP contribution in [0.15, 0.2) is 36.5 Å². The third kappa shape index (κ3) is 35.0. The third-order valence-corrected chi connectivity index (χ3v) is 8.44. The first-order valence-corrected chi connectivity index (χ1v) is 19.5. The molecule has 5 heteroatoms. The molecular formula is C41H74O5. The maximum absolute atomic E-state index is 12.2. The summed E-state index contributed by atoms with van der Waals surface area (Å²) < 4.78 is 10.6. The minimum absolute atomic E-state index is 0.0687. The molecule has 0 aromatic carbocycles. The van der Waals surface area contributed by atoms with Crippen LogP contribution in [-0.2, 0) is 19.1 Å². The molecule has 0 fully saturated rings. The Hall–Kier alpha value is -1.88. The molecule has 268 valence electrons. The van der Waals surface area contributed by atoms with Gasteiger partial charge in [0.1, 0.15) is 6.61 Å². The van der Waals surface area contributed by atoms with E-state index in [0.717, 1.165) is 57.8 Å². The van der Waals surface area contributed by atoms with Gasteiger partial charge in [-0.25, -0.2) is 0 Å². The van der Waals surface area contributed by atoms with Crippen molar-refractivity contribution in [3.63, 3.8) is 0 Å². The van der Waals surface area contributed by atoms with Gasteiger partial charge >= 0.3 is 11.9 Å². The highest BCUT2D eigenvalue weighted by molar-refractivity contribution is 5.70. The predicted octanol–water partition coefficient (Wildman–Crippen LogP) is 12.1. The van der Waals surface area contributed by atoms with E-state index in [9.17, 15) is 14.7 Å². The second-order valence-corrected chi connectivity index (χ2v) is 13.0. The standard InChI is InChI=1S/C41H74O5/c1-3-5-7-9-11-13-15-17-18-19-20-21-22-24-26-28-30-32-34-36-41(44)46-39(37-42)38-45-40(43)35-33-31-29-27-25-23-16-14-12-10-8-6-4-2/h11,13,17-18,20-21,39,42H,3-10,12,14-16,19,22-38H2,1-2H3/b13-11-,18-17-,21-20-/t39-/m0/s1. The molecule has 0 rings (SSSR count). The van der Waals surface area contributed by atoms with Crippen LogP contribution >= 0.6 is 0 Å². The van der Waals surface area contributed by atoms with Crippen molar-refractivity contribution in [3.05, 3.63) is 36.5 Å². The summed E-state index contributed by atoms with van der Waals surface area (Å²) in [6.45, 7) is 4.10. The highest BCUT2D eigenvalue weighted by atomic mass is 16.6. The summed E-state index contributed by atoms with van der Waals surface area (Å²) in [6.07, 6.45) is 44.8. The molecule has 0 aliphatic heterocycles. The van der Waals surface area contributed by atoms with Gasteiger partial charge in [-0.2, -0.15) is 0 Å². The van der Waals surface area contributed by atoms with Gasteiger partial charge in [0, 0.05) is 12.8 Å². The van der Waals surface area contributed by atoms with Crippen molar-refractivity contribution in [2.75, 3.05) is 13.2 Å². The molecule has 46 heavy (non-hydrogen) atoms. The van der Waals surface area contributed by atoms with Crippen LogP contribution in [0.4, 0.5) is 0 Å². The molecule has 0 saturated carbocycles. The average Bonchev–Trinajstić information content (AvgIpc) is 3.06. The van der Waals surface area contributed by atoms with E-state index in [0.29, 0.717) is 12.8 Å². The molecule has 0 aromatic heterocycles. The van der Waals surface area contributed by atoms with Crippen molar-refractivity contribution >= 4 is 11.9 Å². The Labute approximate surface area is 285 Å². The molecule has 0 aliphatic rings. The van der Waals surface area contributed by atoms with Crippen LogP contribution in [0, 0.1) is 0 Å². The Kier molecular flexibility index (Phi) is 36.0. The fourth-order valence-electron chi connectivity index (χ4n) is 5.44. The Bertz CT molecular complexity index is 741. The van der Waals surface area contributed by atoms with Crippen molar-refractivity contribution < 1.29 is 24.2 Å². The number of carbonyl (C=O) groups excluding carboxylic acids is 2. The summed E-state index contributed by atoms with van der Waals surface area (Å²) >= 11 is 0. The quantitative estimate of drug-likeness (QED) is 0.0421. The molecule has 0 amide bonds. The van der Waals surface area contributed by atoms with Crippen LogP contribution in [0.2, 0.25) is 0 Å². The minimum Gasteiger partial charge on any atom is -0.462 e. The van der Waals surface area contributed by atoms with Crippen molar-refractivity contribution in [1.29, 1.82) is 0 Å². The molecule has 0 unspecified atom stereocenters. The number of rotatable bonds is 35. The van der Waals surface area contributed by atoms with Gasteiger partial charge in [-0.3, -0.25) is 9.59 Å². The fourth-order valence-corrected chi connectivity index (χ4v) is 5.44. The maximum Gasteiger partial charge on any atom is 0.306 e. The zero-order chi connectivity index (χ0) is 33.6. The number of unbranched alkanes of at least 4 members (excludes halogenated alkanes) is 21. The van der Waals surface area contributed by atoms with Crippen LogP contribution in [0.5, 0.6) is 0 Å². The first-order valence-electron chi connectivity index (χ1n) is 19.5. The van der Waals surface area contributed by atoms with Gasteiger partial charge in [-0.05, 0) is 51.4 Å². The summed E-state index contributed by atoms with van der Waals surface area (Å²) in [4.78, 5) is 24.2. The fraction of sp³-hybridized carbons (Fsp3) is 0.805. The molecule has 0 heterocycles. The average molecular weight is 647 g/mol. The molecular weight excluding hydrogens is 572 g/mol. The van der Waals surface area contributed by atoms with Crippen LogP contribution in [-0.4, -0.2) is 36.4 Å². The summed E-state index contributed by atoms with van der Waals surface area (Å²) in [7, 11) is 0. The smallest absolute Gasteiger partial charge is 0.306 e. The van der Waals surface area contributed by atoms with Crippen molar-refractivity contribution in [2.45, 2.75) is 200 Å². The van der Waals surface area contributed by atoms with Gasteiger partial charge in [0.2, 0.25) is 0 Å². The largest absolute Gasteiger partial charge is 0.462 e. The Morgan fingerprint density at radius 3 is 1.35 bits per heavy atom. The number of aliphatic hydroxyl groups is 1. The summed E-state index contributed by atoms with van der Waals surface area (Å²) in [6, 6.07) is 0. The van der Waals surface area contributed by atoms with Crippen LogP contribution < -0.4 is 0 Å². The Morgan fingerprint density at radius 2 is 0.870 bits per heavy atom. The first kappa shape index (κ1) is 44.1. The van der Waals surface area contributed by atoms with E-state index in [1.807, 2.05) is 0 Å². The monoisotopic (exact) mass is 647 g/mol. The van der Waals surface area contributed by atoms with Crippen LogP contribution in [0.25, 0.3) is 0 Å². The number of hydrogen-bond donors (Lipinski definition) is 1. The number of ether oxygens (including phenoxy) is 2. The van der Waals surface area contributed by atoms with E-state index in [2.05, 4.69) is 50.3 Å². The van der Waals surface area contributed by atoms with Crippen LogP contribution in [0.3, 0.4) is 0 Å². The normalized spacial score (nSPS) is 12.5. The van der Waals surface area contributed by atoms with E-state index < -0.39 is 6.10 Å². The zero-order valence-corrected chi connectivity index (χ0v) is 30.3. The molecule has 0 bridgehead atoms. The lowest BCUT2D eigenvalue weighted by Gasteiger charge is -2.15. The number of carbonyl (C=O) groups is 2. The van der Waals surface area contributed by atoms with Gasteiger partial charge in [0.25, 0.3) is 0 Å². The maximum atomic E-state index is 12.2.